The Labute approximate surface area is 191 Å². The van der Waals surface area contributed by atoms with Crippen molar-refractivity contribution in [1.29, 1.82) is 0 Å². The zero-order valence-electron chi connectivity index (χ0n) is 18.3. The van der Waals surface area contributed by atoms with E-state index in [-0.39, 0.29) is 24.2 Å². The van der Waals surface area contributed by atoms with E-state index in [9.17, 15) is 14.4 Å². The fourth-order valence-corrected chi connectivity index (χ4v) is 2.87. The van der Waals surface area contributed by atoms with Gasteiger partial charge in [0.1, 0.15) is 11.5 Å². The first kappa shape index (κ1) is 23.3. The van der Waals surface area contributed by atoms with Gasteiger partial charge in [-0.15, -0.1) is 0 Å². The van der Waals surface area contributed by atoms with Crippen molar-refractivity contribution in [1.82, 2.24) is 0 Å². The normalized spacial score (nSPS) is 10.1. The molecule has 3 aromatic rings. The van der Waals surface area contributed by atoms with Crippen molar-refractivity contribution in [3.63, 3.8) is 0 Å². The van der Waals surface area contributed by atoms with Crippen LogP contribution in [0.4, 0.5) is 16.2 Å². The smallest absolute Gasteiger partial charge is 0.494 e. The molecule has 0 saturated heterocycles. The lowest BCUT2D eigenvalue weighted by Crippen LogP contribution is -2.14. The minimum absolute atomic E-state index is 0.207. The zero-order chi connectivity index (χ0) is 23.6. The lowest BCUT2D eigenvalue weighted by molar-refractivity contribution is 0.101. The van der Waals surface area contributed by atoms with Crippen molar-refractivity contribution in [2.75, 3.05) is 23.8 Å². The summed E-state index contributed by atoms with van der Waals surface area (Å²) >= 11 is 0. The van der Waals surface area contributed by atoms with Crippen molar-refractivity contribution < 1.29 is 28.6 Å². The molecule has 8 heteroatoms. The van der Waals surface area contributed by atoms with Gasteiger partial charge in [0.2, 0.25) is 0 Å². The molecule has 170 valence electrons. The lowest BCUT2D eigenvalue weighted by atomic mass is 10.2. The molecule has 8 nitrogen and oxygen atoms in total. The van der Waals surface area contributed by atoms with Crippen LogP contribution in [-0.2, 0) is 4.74 Å². The van der Waals surface area contributed by atoms with Crippen LogP contribution in [0.3, 0.4) is 0 Å². The second-order valence-corrected chi connectivity index (χ2v) is 6.76. The van der Waals surface area contributed by atoms with E-state index in [0.717, 1.165) is 0 Å². The quantitative estimate of drug-likeness (QED) is 0.366. The number of carbonyl (C=O) groups excluding carboxylic acids is 3. The van der Waals surface area contributed by atoms with Crippen molar-refractivity contribution in [3.05, 3.63) is 83.9 Å². The minimum Gasteiger partial charge on any atom is -0.494 e. The summed E-state index contributed by atoms with van der Waals surface area (Å²) in [5.41, 5.74) is 1.90. The van der Waals surface area contributed by atoms with Crippen molar-refractivity contribution >= 4 is 29.3 Å². The Morgan fingerprint density at radius 1 is 0.697 bits per heavy atom. The van der Waals surface area contributed by atoms with Crippen LogP contribution in [-0.4, -0.2) is 31.2 Å². The van der Waals surface area contributed by atoms with E-state index in [1.54, 1.807) is 55.5 Å². The summed E-state index contributed by atoms with van der Waals surface area (Å²) < 4.78 is 15.1. The SMILES string of the molecule is CCOC(=O)Oc1ccc(C(=O)Nc2cccc(NC(=O)c3ccc(OCC)cc3)c2)cc1. The van der Waals surface area contributed by atoms with Gasteiger partial charge in [-0.1, -0.05) is 6.07 Å². The van der Waals surface area contributed by atoms with Gasteiger partial charge in [0.05, 0.1) is 13.2 Å². The monoisotopic (exact) mass is 448 g/mol. The maximum Gasteiger partial charge on any atom is 0.513 e. The molecule has 0 spiro atoms. The van der Waals surface area contributed by atoms with Crippen LogP contribution in [0.15, 0.2) is 72.8 Å². The summed E-state index contributed by atoms with van der Waals surface area (Å²) in [4.78, 5) is 36.4. The summed E-state index contributed by atoms with van der Waals surface area (Å²) in [5, 5.41) is 5.58. The lowest BCUT2D eigenvalue weighted by Gasteiger charge is -2.10. The highest BCUT2D eigenvalue weighted by atomic mass is 16.7. The topological polar surface area (TPSA) is 103 Å². The first-order valence-corrected chi connectivity index (χ1v) is 10.4. The fraction of sp³-hybridized carbons (Fsp3) is 0.160. The molecule has 0 aliphatic carbocycles. The molecule has 3 aromatic carbocycles. The largest absolute Gasteiger partial charge is 0.513 e. The van der Waals surface area contributed by atoms with Gasteiger partial charge in [-0.2, -0.15) is 0 Å². The van der Waals surface area contributed by atoms with Gasteiger partial charge in [0.15, 0.2) is 0 Å². The van der Waals surface area contributed by atoms with E-state index in [1.807, 2.05) is 6.92 Å². The number of nitrogens with one attached hydrogen (secondary N) is 2. The van der Waals surface area contributed by atoms with Gasteiger partial charge in [-0.05, 0) is 80.6 Å². The number of hydrogen-bond acceptors (Lipinski definition) is 6. The molecule has 0 radical (unpaired) electrons. The van der Waals surface area contributed by atoms with Crippen LogP contribution in [0.5, 0.6) is 11.5 Å². The Hall–Kier alpha value is -4.33. The van der Waals surface area contributed by atoms with Crippen molar-refractivity contribution in [2.24, 2.45) is 0 Å². The van der Waals surface area contributed by atoms with E-state index in [0.29, 0.717) is 34.9 Å². The second kappa shape index (κ2) is 11.3. The van der Waals surface area contributed by atoms with Crippen LogP contribution >= 0.6 is 0 Å². The molecule has 2 amide bonds. The Kier molecular flexibility index (Phi) is 8.02. The molecule has 2 N–H and O–H groups in total. The van der Waals surface area contributed by atoms with Gasteiger partial charge in [0, 0.05) is 22.5 Å². The standard InChI is InChI=1S/C25H24N2O6/c1-3-31-21-12-8-17(9-13-21)23(28)26-19-6-5-7-20(16-19)27-24(29)18-10-14-22(15-11-18)33-25(30)32-4-2/h5-16H,3-4H2,1-2H3,(H,26,28)(H,27,29). The Morgan fingerprint density at radius 2 is 1.21 bits per heavy atom. The average Bonchev–Trinajstić information content (AvgIpc) is 2.80. The fourth-order valence-electron chi connectivity index (χ4n) is 2.87. The number of benzene rings is 3. The van der Waals surface area contributed by atoms with E-state index in [2.05, 4.69) is 10.6 Å². The Bertz CT molecular complexity index is 1110. The molecular weight excluding hydrogens is 424 g/mol. The molecule has 0 bridgehead atoms. The Morgan fingerprint density at radius 3 is 1.70 bits per heavy atom. The van der Waals surface area contributed by atoms with Gasteiger partial charge < -0.3 is 24.8 Å². The summed E-state index contributed by atoms with van der Waals surface area (Å²) in [6.07, 6.45) is -0.807. The van der Waals surface area contributed by atoms with Crippen LogP contribution in [0.25, 0.3) is 0 Å². The number of amides is 2. The summed E-state index contributed by atoms with van der Waals surface area (Å²) in [6.45, 7) is 4.33. The molecule has 0 aliphatic rings. The Balaban J connectivity index is 1.60. The number of hydrogen-bond donors (Lipinski definition) is 2. The molecule has 3 rings (SSSR count). The third-order valence-corrected chi connectivity index (χ3v) is 4.39. The predicted molar refractivity (Wildman–Crippen MR) is 124 cm³/mol. The summed E-state index contributed by atoms with van der Waals surface area (Å²) in [7, 11) is 0. The molecule has 0 saturated carbocycles. The van der Waals surface area contributed by atoms with Gasteiger partial charge in [0.25, 0.3) is 11.8 Å². The van der Waals surface area contributed by atoms with E-state index >= 15 is 0 Å². The first-order valence-electron chi connectivity index (χ1n) is 10.4. The highest BCUT2D eigenvalue weighted by Crippen LogP contribution is 2.19. The van der Waals surface area contributed by atoms with Gasteiger partial charge in [-0.3, -0.25) is 9.59 Å². The highest BCUT2D eigenvalue weighted by Gasteiger charge is 2.11. The van der Waals surface area contributed by atoms with Crippen LogP contribution < -0.4 is 20.1 Å². The second-order valence-electron chi connectivity index (χ2n) is 6.76. The molecule has 0 aliphatic heterocycles. The van der Waals surface area contributed by atoms with Crippen molar-refractivity contribution in [3.8, 4) is 11.5 Å². The molecule has 0 aromatic heterocycles. The van der Waals surface area contributed by atoms with E-state index in [4.69, 9.17) is 14.2 Å². The van der Waals surface area contributed by atoms with Crippen LogP contribution in [0.1, 0.15) is 34.6 Å². The molecule has 0 unspecified atom stereocenters. The summed E-state index contributed by atoms with van der Waals surface area (Å²) in [5.74, 6) is 0.328. The highest BCUT2D eigenvalue weighted by molar-refractivity contribution is 6.06. The molecular formula is C25H24N2O6. The van der Waals surface area contributed by atoms with Crippen molar-refractivity contribution in [2.45, 2.75) is 13.8 Å². The first-order chi connectivity index (χ1) is 16.0. The van der Waals surface area contributed by atoms with Crippen LogP contribution in [0.2, 0.25) is 0 Å². The summed E-state index contributed by atoms with van der Waals surface area (Å²) in [6, 6.07) is 19.7. The molecule has 0 fully saturated rings. The van der Waals surface area contributed by atoms with Crippen LogP contribution in [0, 0.1) is 0 Å². The predicted octanol–water partition coefficient (Wildman–Crippen LogP) is 5.13. The number of rotatable bonds is 8. The van der Waals surface area contributed by atoms with E-state index < -0.39 is 6.16 Å². The number of carbonyl (C=O) groups is 3. The van der Waals surface area contributed by atoms with E-state index in [1.165, 1.54) is 24.3 Å². The molecule has 33 heavy (non-hydrogen) atoms. The van der Waals surface area contributed by atoms with Gasteiger partial charge >= 0.3 is 6.16 Å². The number of anilines is 2. The average molecular weight is 448 g/mol. The van der Waals surface area contributed by atoms with Gasteiger partial charge in [-0.25, -0.2) is 4.79 Å². The maximum atomic E-state index is 12.5. The molecule has 0 heterocycles. The minimum atomic E-state index is -0.807. The molecule has 0 atom stereocenters. The zero-order valence-corrected chi connectivity index (χ0v) is 18.3. The maximum absolute atomic E-state index is 12.5. The number of ether oxygens (including phenoxy) is 3. The third-order valence-electron chi connectivity index (χ3n) is 4.39. The third kappa shape index (κ3) is 6.83.